The number of fused-ring (bicyclic) bond motifs is 1. The summed E-state index contributed by atoms with van der Waals surface area (Å²) in [7, 11) is 0. The van der Waals surface area contributed by atoms with Crippen molar-refractivity contribution >= 4 is 17.6 Å². The number of hydrogen-bond acceptors (Lipinski definition) is 5. The van der Waals surface area contributed by atoms with Gasteiger partial charge in [-0.15, -0.1) is 0 Å². The van der Waals surface area contributed by atoms with Crippen LogP contribution in [-0.2, 0) is 17.6 Å². The lowest BCUT2D eigenvalue weighted by molar-refractivity contribution is -0.137. The molecule has 2 fully saturated rings. The van der Waals surface area contributed by atoms with Gasteiger partial charge >= 0.3 is 5.97 Å². The van der Waals surface area contributed by atoms with Crippen LogP contribution in [0.2, 0.25) is 5.02 Å². The van der Waals surface area contributed by atoms with E-state index in [-0.39, 0.29) is 17.9 Å². The lowest BCUT2D eigenvalue weighted by Crippen LogP contribution is -2.30. The number of rotatable bonds is 18. The largest absolute Gasteiger partial charge is 0.493 e. The Hall–Kier alpha value is -3.22. The number of hydrogen-bond donors (Lipinski definition) is 2. The number of halogens is 1. The Morgan fingerprint density at radius 2 is 1.80 bits per heavy atom. The molecular weight excluding hydrogens is 658 g/mol. The molecule has 4 atom stereocenters. The molecule has 3 aromatic carbocycles. The van der Waals surface area contributed by atoms with E-state index >= 15 is 0 Å². The van der Waals surface area contributed by atoms with E-state index in [1.54, 1.807) is 0 Å². The smallest absolute Gasteiger partial charge is 0.303 e. The quantitative estimate of drug-likeness (QED) is 0.128. The molecule has 7 heteroatoms. The number of ether oxygens (including phenoxy) is 3. The minimum Gasteiger partial charge on any atom is -0.493 e. The predicted molar refractivity (Wildman–Crippen MR) is 206 cm³/mol. The molecule has 2 N–H and O–H groups in total. The molecule has 0 aliphatic heterocycles. The number of benzene rings is 3. The van der Waals surface area contributed by atoms with Crippen molar-refractivity contribution in [3.05, 3.63) is 75.8 Å². The van der Waals surface area contributed by atoms with Gasteiger partial charge in [-0.2, -0.15) is 0 Å². The van der Waals surface area contributed by atoms with Crippen molar-refractivity contribution in [3.63, 3.8) is 0 Å². The van der Waals surface area contributed by atoms with Gasteiger partial charge < -0.3 is 24.6 Å². The van der Waals surface area contributed by atoms with Crippen molar-refractivity contribution < 1.29 is 24.1 Å². The second-order valence-corrected chi connectivity index (χ2v) is 16.4. The number of aliphatic carboxylic acids is 1. The Balaban J connectivity index is 1.11. The topological polar surface area (TPSA) is 77.0 Å². The SMILES string of the molecule is CCOc1cc(O[C@@H]2CCc3c(-c4cccc(OCCCNCC5CCCC5(C)C)c4C)cccc32)c(Cl)cc1CC1(CC)CC1CCC(=O)O. The molecule has 0 bridgehead atoms. The molecule has 51 heavy (non-hydrogen) atoms. The fourth-order valence-corrected chi connectivity index (χ4v) is 9.26. The maximum atomic E-state index is 11.2. The van der Waals surface area contributed by atoms with Crippen molar-refractivity contribution in [1.29, 1.82) is 0 Å². The number of nitrogens with one attached hydrogen (secondary N) is 1. The van der Waals surface area contributed by atoms with Gasteiger partial charge in [-0.3, -0.25) is 4.79 Å². The second kappa shape index (κ2) is 16.2. The van der Waals surface area contributed by atoms with E-state index in [0.717, 1.165) is 81.0 Å². The number of carboxylic acid groups (broad SMARTS) is 1. The number of carbonyl (C=O) groups is 1. The summed E-state index contributed by atoms with van der Waals surface area (Å²) in [5.41, 5.74) is 7.79. The van der Waals surface area contributed by atoms with Crippen LogP contribution in [0.15, 0.2) is 48.5 Å². The van der Waals surface area contributed by atoms with Crippen LogP contribution >= 0.6 is 11.6 Å². The monoisotopic (exact) mass is 715 g/mol. The van der Waals surface area contributed by atoms with Crippen LogP contribution in [0.5, 0.6) is 17.2 Å². The van der Waals surface area contributed by atoms with Gasteiger partial charge in [-0.1, -0.05) is 69.1 Å². The zero-order chi connectivity index (χ0) is 36.2. The summed E-state index contributed by atoms with van der Waals surface area (Å²) >= 11 is 6.94. The number of carboxylic acids is 1. The van der Waals surface area contributed by atoms with Gasteiger partial charge in [0.2, 0.25) is 0 Å². The lowest BCUT2D eigenvalue weighted by Gasteiger charge is -2.27. The van der Waals surface area contributed by atoms with Crippen molar-refractivity contribution in [2.45, 2.75) is 111 Å². The molecule has 0 amide bonds. The maximum absolute atomic E-state index is 11.2. The normalized spacial score (nSPS) is 23.2. The van der Waals surface area contributed by atoms with Gasteiger partial charge in [0.05, 0.1) is 18.2 Å². The molecule has 0 spiro atoms. The molecular formula is C44H58ClNO5. The van der Waals surface area contributed by atoms with Gasteiger partial charge in [0.1, 0.15) is 23.4 Å². The van der Waals surface area contributed by atoms with Crippen molar-refractivity contribution in [2.75, 3.05) is 26.3 Å². The first kappa shape index (κ1) is 37.5. The first-order chi connectivity index (χ1) is 24.5. The molecule has 2 saturated carbocycles. The molecule has 0 radical (unpaired) electrons. The molecule has 6 nitrogen and oxygen atoms in total. The minimum absolute atomic E-state index is 0.106. The first-order valence-electron chi connectivity index (χ1n) is 19.4. The third-order valence-corrected chi connectivity index (χ3v) is 12.7. The first-order valence-corrected chi connectivity index (χ1v) is 19.8. The summed E-state index contributed by atoms with van der Waals surface area (Å²) in [4.78, 5) is 11.2. The molecule has 3 aliphatic carbocycles. The van der Waals surface area contributed by atoms with Crippen LogP contribution in [0.4, 0.5) is 0 Å². The van der Waals surface area contributed by atoms with E-state index in [1.807, 2.05) is 19.1 Å². The van der Waals surface area contributed by atoms with E-state index in [2.05, 4.69) is 69.4 Å². The fraction of sp³-hybridized carbons (Fsp3) is 0.568. The van der Waals surface area contributed by atoms with Gasteiger partial charge in [-0.05, 0) is 153 Å². The molecule has 3 aliphatic rings. The summed E-state index contributed by atoms with van der Waals surface area (Å²) < 4.78 is 19.2. The highest BCUT2D eigenvalue weighted by Gasteiger charge is 2.52. The highest BCUT2D eigenvalue weighted by molar-refractivity contribution is 6.32. The second-order valence-electron chi connectivity index (χ2n) is 16.0. The van der Waals surface area contributed by atoms with Crippen molar-refractivity contribution in [3.8, 4) is 28.4 Å². The average Bonchev–Trinajstić information content (AvgIpc) is 3.45. The zero-order valence-electron chi connectivity index (χ0n) is 31.4. The molecule has 0 aromatic heterocycles. The van der Waals surface area contributed by atoms with Crippen LogP contribution in [0, 0.1) is 29.6 Å². The van der Waals surface area contributed by atoms with Crippen molar-refractivity contribution in [2.24, 2.45) is 22.7 Å². The Morgan fingerprint density at radius 3 is 2.55 bits per heavy atom. The van der Waals surface area contributed by atoms with Crippen LogP contribution in [0.1, 0.15) is 114 Å². The summed E-state index contributed by atoms with van der Waals surface area (Å²) in [6, 6.07) is 16.9. The molecule has 0 heterocycles. The molecule has 3 aromatic rings. The van der Waals surface area contributed by atoms with Gasteiger partial charge in [0.25, 0.3) is 0 Å². The standard InChI is InChI=1S/C44H58ClNO5/c1-6-44(27-31(44)17-20-42(47)48)26-30-24-37(45)41(25-40(30)49-7-2)51-39-19-18-35-34(14-8-15-36(35)39)33-13-9-16-38(29(33)3)50-23-11-22-46-28-32-12-10-21-43(32,4)5/h8-9,13-16,24-25,31-32,39,46H,6-7,10-12,17-23,26-28H2,1-5H3,(H,47,48)/t31?,32?,39-,44?/m1/s1. The van der Waals surface area contributed by atoms with Crippen LogP contribution in [0.3, 0.4) is 0 Å². The average molecular weight is 716 g/mol. The fourth-order valence-electron chi connectivity index (χ4n) is 9.03. The third-order valence-electron chi connectivity index (χ3n) is 12.4. The highest BCUT2D eigenvalue weighted by Crippen LogP contribution is 2.60. The Bertz CT molecular complexity index is 1690. The minimum atomic E-state index is -0.725. The lowest BCUT2D eigenvalue weighted by atomic mass is 9.82. The zero-order valence-corrected chi connectivity index (χ0v) is 32.2. The Morgan fingerprint density at radius 1 is 1.00 bits per heavy atom. The van der Waals surface area contributed by atoms with E-state index in [0.29, 0.717) is 35.3 Å². The van der Waals surface area contributed by atoms with Crippen LogP contribution in [0.25, 0.3) is 11.1 Å². The van der Waals surface area contributed by atoms with Gasteiger partial charge in [-0.25, -0.2) is 0 Å². The summed E-state index contributed by atoms with van der Waals surface area (Å²) in [5.74, 6) is 2.87. The van der Waals surface area contributed by atoms with Crippen LogP contribution < -0.4 is 19.5 Å². The highest BCUT2D eigenvalue weighted by atomic mass is 35.5. The van der Waals surface area contributed by atoms with E-state index in [4.69, 9.17) is 25.8 Å². The van der Waals surface area contributed by atoms with Gasteiger partial charge in [0.15, 0.2) is 0 Å². The predicted octanol–water partition coefficient (Wildman–Crippen LogP) is 10.8. The van der Waals surface area contributed by atoms with Gasteiger partial charge in [0, 0.05) is 12.5 Å². The molecule has 3 unspecified atom stereocenters. The Labute approximate surface area is 310 Å². The molecule has 276 valence electrons. The summed E-state index contributed by atoms with van der Waals surface area (Å²) in [6.07, 6.45) is 10.5. The molecule has 0 saturated heterocycles. The maximum Gasteiger partial charge on any atom is 0.303 e. The summed E-state index contributed by atoms with van der Waals surface area (Å²) in [5, 5.41) is 13.5. The molecule has 6 rings (SSSR count). The van der Waals surface area contributed by atoms with E-state index in [9.17, 15) is 9.90 Å². The Kier molecular flexibility index (Phi) is 11.9. The van der Waals surface area contributed by atoms with E-state index < -0.39 is 5.97 Å². The summed E-state index contributed by atoms with van der Waals surface area (Å²) in [6.45, 7) is 14.5. The third kappa shape index (κ3) is 8.54. The van der Waals surface area contributed by atoms with E-state index in [1.165, 1.54) is 47.1 Å². The van der Waals surface area contributed by atoms with Crippen LogP contribution in [-0.4, -0.2) is 37.4 Å². The van der Waals surface area contributed by atoms with Crippen molar-refractivity contribution in [1.82, 2.24) is 5.32 Å².